The molecule has 2 aromatic rings. The molecule has 3 heterocycles. The van der Waals surface area contributed by atoms with Crippen molar-refractivity contribution in [3.8, 4) is 0 Å². The Kier molecular flexibility index (Phi) is 5.92. The number of anilines is 1. The van der Waals surface area contributed by atoms with Gasteiger partial charge in [0.1, 0.15) is 11.9 Å². The third-order valence-electron chi connectivity index (χ3n) is 6.02. The lowest BCUT2D eigenvalue weighted by Crippen LogP contribution is -2.49. The van der Waals surface area contributed by atoms with Gasteiger partial charge in [0.25, 0.3) is 0 Å². The van der Waals surface area contributed by atoms with Crippen molar-refractivity contribution in [1.82, 2.24) is 25.1 Å². The van der Waals surface area contributed by atoms with E-state index in [-0.39, 0.29) is 29.9 Å². The monoisotopic (exact) mass is 396 g/mol. The maximum Gasteiger partial charge on any atom is 0.239 e. The molecule has 2 amide bonds. The highest BCUT2D eigenvalue weighted by Crippen LogP contribution is 2.28. The normalized spacial score (nSPS) is 25.3. The van der Waals surface area contributed by atoms with Gasteiger partial charge in [-0.15, -0.1) is 0 Å². The van der Waals surface area contributed by atoms with Crippen LogP contribution in [0.15, 0.2) is 42.7 Å². The second-order valence-electron chi connectivity index (χ2n) is 7.82. The van der Waals surface area contributed by atoms with Crippen LogP contribution in [0.25, 0.3) is 0 Å². The number of aromatic amines is 1. The van der Waals surface area contributed by atoms with Crippen molar-refractivity contribution in [3.63, 3.8) is 0 Å². The Labute approximate surface area is 170 Å². The third-order valence-corrected chi connectivity index (χ3v) is 6.02. The molecule has 2 aliphatic heterocycles. The van der Waals surface area contributed by atoms with Crippen molar-refractivity contribution in [2.75, 3.05) is 25.5 Å². The number of carbonyl (C=O) groups is 2. The molecule has 0 saturated carbocycles. The van der Waals surface area contributed by atoms with E-state index in [1.807, 2.05) is 30.3 Å². The number of aromatic nitrogens is 2. The number of hydrogen-bond donors (Lipinski definition) is 3. The number of hydrogen-bond acceptors (Lipinski definition) is 5. The summed E-state index contributed by atoms with van der Waals surface area (Å²) in [6, 6.07) is 9.59. The molecule has 2 fully saturated rings. The standard InChI is InChI=1S/C21H28N6O2/c1-26-16(7-8-19(28)25-15-5-3-2-4-6-15)13-24-21(29)20-17(26)9-12-27(20)14-18-22-10-11-23-18/h2-6,10-11,16-17,20H,7-9,12-14H2,1H3,(H,22,23)(H,24,29)(H,25,28). The van der Waals surface area contributed by atoms with Gasteiger partial charge >= 0.3 is 0 Å². The summed E-state index contributed by atoms with van der Waals surface area (Å²) in [5.74, 6) is 0.948. The first-order chi connectivity index (χ1) is 14.1. The Morgan fingerprint density at radius 2 is 2.14 bits per heavy atom. The number of benzene rings is 1. The van der Waals surface area contributed by atoms with Crippen LogP contribution in [-0.4, -0.2) is 69.8 Å². The molecule has 8 heteroatoms. The van der Waals surface area contributed by atoms with Gasteiger partial charge in [-0.3, -0.25) is 19.4 Å². The zero-order chi connectivity index (χ0) is 20.2. The van der Waals surface area contributed by atoms with Crippen LogP contribution in [0.2, 0.25) is 0 Å². The number of amides is 2. The number of para-hydroxylation sites is 1. The third kappa shape index (κ3) is 4.49. The minimum absolute atomic E-state index is 0.00240. The van der Waals surface area contributed by atoms with E-state index in [1.54, 1.807) is 12.4 Å². The first kappa shape index (κ1) is 19.6. The van der Waals surface area contributed by atoms with Gasteiger partial charge in [0.05, 0.1) is 6.54 Å². The van der Waals surface area contributed by atoms with Crippen LogP contribution >= 0.6 is 0 Å². The molecule has 3 atom stereocenters. The number of nitrogens with one attached hydrogen (secondary N) is 3. The van der Waals surface area contributed by atoms with E-state index in [9.17, 15) is 9.59 Å². The summed E-state index contributed by atoms with van der Waals surface area (Å²) in [4.78, 5) is 37.1. The highest BCUT2D eigenvalue weighted by Gasteiger charge is 2.45. The maximum atomic E-state index is 12.8. The SMILES string of the molecule is CN1C(CCC(=O)Nc2ccccc2)CNC(=O)C2C1CCN2Cc1ncc[nH]1. The van der Waals surface area contributed by atoms with Gasteiger partial charge < -0.3 is 15.6 Å². The summed E-state index contributed by atoms with van der Waals surface area (Å²) >= 11 is 0. The van der Waals surface area contributed by atoms with Gasteiger partial charge in [-0.05, 0) is 32.0 Å². The highest BCUT2D eigenvalue weighted by atomic mass is 16.2. The average Bonchev–Trinajstić information content (AvgIpc) is 3.36. The van der Waals surface area contributed by atoms with Crippen LogP contribution < -0.4 is 10.6 Å². The molecule has 4 rings (SSSR count). The van der Waals surface area contributed by atoms with Crippen molar-refractivity contribution < 1.29 is 9.59 Å². The number of H-pyrrole nitrogens is 1. The number of likely N-dealkylation sites (tertiary alicyclic amines) is 1. The largest absolute Gasteiger partial charge is 0.353 e. The molecule has 0 radical (unpaired) electrons. The maximum absolute atomic E-state index is 12.8. The quantitative estimate of drug-likeness (QED) is 0.682. The van der Waals surface area contributed by atoms with E-state index >= 15 is 0 Å². The first-order valence-electron chi connectivity index (χ1n) is 10.2. The molecule has 3 N–H and O–H groups in total. The molecular formula is C21H28N6O2. The molecule has 2 aliphatic rings. The zero-order valence-electron chi connectivity index (χ0n) is 16.7. The van der Waals surface area contributed by atoms with E-state index in [2.05, 4.69) is 37.4 Å². The predicted octanol–water partition coefficient (Wildman–Crippen LogP) is 1.20. The molecular weight excluding hydrogens is 368 g/mol. The summed E-state index contributed by atoms with van der Waals surface area (Å²) < 4.78 is 0. The molecule has 8 nitrogen and oxygen atoms in total. The Morgan fingerprint density at radius 1 is 1.31 bits per heavy atom. The van der Waals surface area contributed by atoms with E-state index in [4.69, 9.17) is 0 Å². The van der Waals surface area contributed by atoms with Crippen molar-refractivity contribution in [1.29, 1.82) is 0 Å². The minimum atomic E-state index is -0.187. The van der Waals surface area contributed by atoms with Crippen LogP contribution in [-0.2, 0) is 16.1 Å². The number of nitrogens with zero attached hydrogens (tertiary/aromatic N) is 3. The molecule has 29 heavy (non-hydrogen) atoms. The molecule has 1 aromatic heterocycles. The Balaban J connectivity index is 1.36. The van der Waals surface area contributed by atoms with Gasteiger partial charge in [-0.2, -0.15) is 0 Å². The zero-order valence-corrected chi connectivity index (χ0v) is 16.7. The van der Waals surface area contributed by atoms with Gasteiger partial charge in [0, 0.05) is 49.7 Å². The molecule has 2 saturated heterocycles. The lowest BCUT2D eigenvalue weighted by molar-refractivity contribution is -0.126. The molecule has 0 aliphatic carbocycles. The van der Waals surface area contributed by atoms with E-state index in [0.717, 1.165) is 24.5 Å². The van der Waals surface area contributed by atoms with Crippen molar-refractivity contribution in [3.05, 3.63) is 48.5 Å². The second-order valence-corrected chi connectivity index (χ2v) is 7.82. The Bertz CT molecular complexity index is 825. The summed E-state index contributed by atoms with van der Waals surface area (Å²) in [5.41, 5.74) is 0.810. The van der Waals surface area contributed by atoms with E-state index in [1.165, 1.54) is 0 Å². The van der Waals surface area contributed by atoms with Gasteiger partial charge in [0.2, 0.25) is 11.8 Å². The van der Waals surface area contributed by atoms with Crippen molar-refractivity contribution in [2.45, 2.75) is 43.9 Å². The Morgan fingerprint density at radius 3 is 2.90 bits per heavy atom. The summed E-state index contributed by atoms with van der Waals surface area (Å²) in [6.07, 6.45) is 5.60. The van der Waals surface area contributed by atoms with Crippen LogP contribution in [0.5, 0.6) is 0 Å². The smallest absolute Gasteiger partial charge is 0.239 e. The minimum Gasteiger partial charge on any atom is -0.353 e. The number of rotatable bonds is 6. The first-order valence-corrected chi connectivity index (χ1v) is 10.2. The predicted molar refractivity (Wildman–Crippen MR) is 110 cm³/mol. The van der Waals surface area contributed by atoms with Crippen LogP contribution in [0, 0.1) is 0 Å². The van der Waals surface area contributed by atoms with Crippen molar-refractivity contribution >= 4 is 17.5 Å². The van der Waals surface area contributed by atoms with E-state index in [0.29, 0.717) is 25.9 Å². The second kappa shape index (κ2) is 8.75. The molecule has 0 spiro atoms. The van der Waals surface area contributed by atoms with Gasteiger partial charge in [-0.25, -0.2) is 4.98 Å². The summed E-state index contributed by atoms with van der Waals surface area (Å²) in [5, 5.41) is 6.03. The fraction of sp³-hybridized carbons (Fsp3) is 0.476. The van der Waals surface area contributed by atoms with Gasteiger partial charge in [0.15, 0.2) is 0 Å². The number of carbonyl (C=O) groups excluding carboxylic acids is 2. The lowest BCUT2D eigenvalue weighted by Gasteiger charge is -2.33. The van der Waals surface area contributed by atoms with Crippen LogP contribution in [0.3, 0.4) is 0 Å². The number of fused-ring (bicyclic) bond motifs is 1. The lowest BCUT2D eigenvalue weighted by atomic mass is 10.0. The fourth-order valence-corrected chi connectivity index (χ4v) is 4.45. The highest BCUT2D eigenvalue weighted by molar-refractivity contribution is 5.90. The summed E-state index contributed by atoms with van der Waals surface area (Å²) in [7, 11) is 2.08. The molecule has 1 aromatic carbocycles. The topological polar surface area (TPSA) is 93.4 Å². The molecule has 154 valence electrons. The average molecular weight is 396 g/mol. The van der Waals surface area contributed by atoms with Gasteiger partial charge in [-0.1, -0.05) is 18.2 Å². The Hall–Kier alpha value is -2.71. The molecule has 3 unspecified atom stereocenters. The van der Waals surface area contributed by atoms with Crippen LogP contribution in [0.1, 0.15) is 25.1 Å². The number of likely N-dealkylation sites (N-methyl/N-ethyl adjacent to an activating group) is 1. The summed E-state index contributed by atoms with van der Waals surface area (Å²) in [6.45, 7) is 2.06. The van der Waals surface area contributed by atoms with E-state index < -0.39 is 0 Å². The number of imidazole rings is 1. The van der Waals surface area contributed by atoms with Crippen molar-refractivity contribution in [2.24, 2.45) is 0 Å². The molecule has 0 bridgehead atoms. The fourth-order valence-electron chi connectivity index (χ4n) is 4.45. The van der Waals surface area contributed by atoms with Crippen LogP contribution in [0.4, 0.5) is 5.69 Å².